The van der Waals surface area contributed by atoms with Gasteiger partial charge < -0.3 is 10.1 Å². The first-order chi connectivity index (χ1) is 15.5. The van der Waals surface area contributed by atoms with Gasteiger partial charge in [-0.15, -0.1) is 0 Å². The Bertz CT molecular complexity index is 1200. The van der Waals surface area contributed by atoms with Gasteiger partial charge in [-0.1, -0.05) is 6.07 Å². The summed E-state index contributed by atoms with van der Waals surface area (Å²) in [6.45, 7) is 0. The molecule has 1 heterocycles. The van der Waals surface area contributed by atoms with Gasteiger partial charge in [-0.2, -0.15) is 23.5 Å². The van der Waals surface area contributed by atoms with Gasteiger partial charge in [0.1, 0.15) is 5.54 Å². The van der Waals surface area contributed by atoms with E-state index in [1.165, 1.54) is 25.4 Å². The molecule has 0 radical (unpaired) electrons. The Morgan fingerprint density at radius 2 is 2.03 bits per heavy atom. The molecule has 2 N–H and O–H groups in total. The predicted octanol–water partition coefficient (Wildman–Crippen LogP) is 2.84. The van der Waals surface area contributed by atoms with E-state index < -0.39 is 55.2 Å². The van der Waals surface area contributed by atoms with Crippen molar-refractivity contribution in [1.82, 2.24) is 15.5 Å². The van der Waals surface area contributed by atoms with Gasteiger partial charge in [-0.05, 0) is 43.9 Å². The molecule has 2 fully saturated rings. The van der Waals surface area contributed by atoms with Crippen LogP contribution in [-0.2, 0) is 25.5 Å². The van der Waals surface area contributed by atoms with E-state index in [1.807, 2.05) is 6.07 Å². The Labute approximate surface area is 188 Å². The van der Waals surface area contributed by atoms with Gasteiger partial charge in [0, 0.05) is 18.9 Å². The third-order valence-electron chi connectivity index (χ3n) is 6.25. The molecule has 4 rings (SSSR count). The minimum Gasteiger partial charge on any atom is -0.381 e. The topological polar surface area (TPSA) is 125 Å². The van der Waals surface area contributed by atoms with Crippen molar-refractivity contribution in [2.24, 2.45) is 5.92 Å². The van der Waals surface area contributed by atoms with Crippen LogP contribution in [0.1, 0.15) is 31.2 Å². The number of benzene rings is 1. The second-order valence-corrected chi connectivity index (χ2v) is 10.6. The highest BCUT2D eigenvalue weighted by Crippen LogP contribution is 2.42. The maximum absolute atomic E-state index is 13.9. The molecule has 1 aromatic heterocycles. The number of ether oxygens (including phenoxy) is 1. The van der Waals surface area contributed by atoms with Crippen LogP contribution >= 0.6 is 0 Å². The Hall–Kier alpha value is -2.91. The number of carbonyl (C=O) groups is 1. The SMILES string of the molecule is CO[C@@H]1C[C@H](S(=O)(=O)c2ccc(-c3cc[nH]n3)cc2C(F)(F)F)C[C@H]1C(=O)NC1(C#N)CC1. The monoisotopic (exact) mass is 482 g/mol. The molecule has 33 heavy (non-hydrogen) atoms. The summed E-state index contributed by atoms with van der Waals surface area (Å²) in [7, 11) is -3.14. The number of methoxy groups -OCH3 is 1. The highest BCUT2D eigenvalue weighted by atomic mass is 32.2. The third-order valence-corrected chi connectivity index (χ3v) is 8.49. The van der Waals surface area contributed by atoms with Gasteiger partial charge in [0.2, 0.25) is 5.91 Å². The maximum Gasteiger partial charge on any atom is 0.417 e. The van der Waals surface area contributed by atoms with Crippen molar-refractivity contribution >= 4 is 15.7 Å². The number of carbonyl (C=O) groups excluding carboxylic acids is 1. The zero-order chi connectivity index (χ0) is 24.0. The molecule has 3 atom stereocenters. The number of nitriles is 1. The van der Waals surface area contributed by atoms with Crippen LogP contribution in [0.3, 0.4) is 0 Å². The second-order valence-electron chi connectivity index (χ2n) is 8.37. The molecule has 8 nitrogen and oxygen atoms in total. The number of halogens is 3. The van der Waals surface area contributed by atoms with Gasteiger partial charge in [0.25, 0.3) is 0 Å². The molecule has 12 heteroatoms. The van der Waals surface area contributed by atoms with Gasteiger partial charge in [-0.3, -0.25) is 9.89 Å². The number of rotatable bonds is 6. The Kier molecular flexibility index (Phi) is 5.74. The zero-order valence-electron chi connectivity index (χ0n) is 17.5. The quantitative estimate of drug-likeness (QED) is 0.652. The Morgan fingerprint density at radius 3 is 2.58 bits per heavy atom. The molecule has 0 spiro atoms. The average Bonchev–Trinajstić information content (AvgIpc) is 3.18. The summed E-state index contributed by atoms with van der Waals surface area (Å²) in [5.41, 5.74) is -1.87. The van der Waals surface area contributed by atoms with Crippen LogP contribution in [0.2, 0.25) is 0 Å². The van der Waals surface area contributed by atoms with Crippen LogP contribution in [-0.4, -0.2) is 48.5 Å². The molecule has 1 amide bonds. The molecule has 1 aromatic carbocycles. The first-order valence-corrected chi connectivity index (χ1v) is 11.8. The molecule has 0 unspecified atom stereocenters. The van der Waals surface area contributed by atoms with Crippen molar-refractivity contribution in [3.63, 3.8) is 0 Å². The van der Waals surface area contributed by atoms with Gasteiger partial charge in [0.15, 0.2) is 9.84 Å². The van der Waals surface area contributed by atoms with Crippen LogP contribution in [0.5, 0.6) is 0 Å². The van der Waals surface area contributed by atoms with Crippen molar-refractivity contribution < 1.29 is 31.1 Å². The van der Waals surface area contributed by atoms with Crippen LogP contribution in [0.4, 0.5) is 13.2 Å². The molecule has 0 aliphatic heterocycles. The van der Waals surface area contributed by atoms with E-state index in [0.29, 0.717) is 12.8 Å². The standard InChI is InChI=1S/C21H21F3N4O4S/c1-32-17-10-13(9-14(17)19(29)27-20(11-25)5-6-20)33(30,31)18-3-2-12(16-4-7-26-28-16)8-15(18)21(22,23)24/h2-4,7-8,13-14,17H,5-6,9-10H2,1H3,(H,26,28)(H,27,29)/t13-,14-,17-/m1/s1. The maximum atomic E-state index is 13.9. The fourth-order valence-corrected chi connectivity index (χ4v) is 6.22. The number of nitrogens with zero attached hydrogens (tertiary/aromatic N) is 2. The van der Waals surface area contributed by atoms with Gasteiger partial charge in [0.05, 0.1) is 39.5 Å². The van der Waals surface area contributed by atoms with Crippen molar-refractivity contribution in [1.29, 1.82) is 5.26 Å². The molecule has 2 aromatic rings. The molecule has 176 valence electrons. The van der Waals surface area contributed by atoms with E-state index in [0.717, 1.165) is 12.1 Å². The highest BCUT2D eigenvalue weighted by molar-refractivity contribution is 7.92. The molecule has 0 bridgehead atoms. The largest absolute Gasteiger partial charge is 0.417 e. The first-order valence-electron chi connectivity index (χ1n) is 10.2. The van der Waals surface area contributed by atoms with Crippen molar-refractivity contribution in [3.05, 3.63) is 36.0 Å². The normalized spacial score (nSPS) is 24.3. The average molecular weight is 482 g/mol. The van der Waals surface area contributed by atoms with E-state index in [2.05, 4.69) is 15.5 Å². The van der Waals surface area contributed by atoms with E-state index >= 15 is 0 Å². The number of amides is 1. The smallest absolute Gasteiger partial charge is 0.381 e. The molecule has 2 saturated carbocycles. The number of aromatic nitrogens is 2. The van der Waals surface area contributed by atoms with Crippen LogP contribution in [0.25, 0.3) is 11.3 Å². The number of nitrogens with one attached hydrogen (secondary N) is 2. The number of hydrogen-bond acceptors (Lipinski definition) is 6. The van der Waals surface area contributed by atoms with E-state index in [1.54, 1.807) is 0 Å². The summed E-state index contributed by atoms with van der Waals surface area (Å²) in [6, 6.07) is 6.47. The summed E-state index contributed by atoms with van der Waals surface area (Å²) in [6.07, 6.45) is -3.61. The van der Waals surface area contributed by atoms with Gasteiger partial charge in [-0.25, -0.2) is 8.42 Å². The van der Waals surface area contributed by atoms with Crippen LogP contribution in [0, 0.1) is 17.2 Å². The second kappa shape index (κ2) is 8.14. The molecule has 0 saturated heterocycles. The van der Waals surface area contributed by atoms with Crippen molar-refractivity contribution in [2.75, 3.05) is 7.11 Å². The summed E-state index contributed by atoms with van der Waals surface area (Å²) in [4.78, 5) is 11.9. The number of H-pyrrole nitrogens is 1. The lowest BCUT2D eigenvalue weighted by molar-refractivity contribution is -0.139. The summed E-state index contributed by atoms with van der Waals surface area (Å²) >= 11 is 0. The highest BCUT2D eigenvalue weighted by Gasteiger charge is 2.51. The fourth-order valence-electron chi connectivity index (χ4n) is 4.22. The number of hydrogen-bond donors (Lipinski definition) is 2. The van der Waals surface area contributed by atoms with E-state index in [-0.39, 0.29) is 24.1 Å². The summed E-state index contributed by atoms with van der Waals surface area (Å²) in [5.74, 6) is -1.42. The number of alkyl halides is 3. The first kappa shape index (κ1) is 23.3. The lowest BCUT2D eigenvalue weighted by Crippen LogP contribution is -2.42. The van der Waals surface area contributed by atoms with Crippen molar-refractivity contribution in [3.8, 4) is 17.3 Å². The molecule has 2 aliphatic carbocycles. The summed E-state index contributed by atoms with van der Waals surface area (Å²) < 4.78 is 73.5. The van der Waals surface area contributed by atoms with Crippen LogP contribution < -0.4 is 5.32 Å². The molecule has 2 aliphatic rings. The van der Waals surface area contributed by atoms with Crippen molar-refractivity contribution in [2.45, 2.75) is 53.6 Å². The third kappa shape index (κ3) is 4.35. The fraction of sp³-hybridized carbons (Fsp3) is 0.476. The zero-order valence-corrected chi connectivity index (χ0v) is 18.3. The predicted molar refractivity (Wildman–Crippen MR) is 109 cm³/mol. The van der Waals surface area contributed by atoms with E-state index in [9.17, 15) is 31.6 Å². The Morgan fingerprint density at radius 1 is 1.30 bits per heavy atom. The number of sulfone groups is 1. The Balaban J connectivity index is 1.65. The minimum absolute atomic E-state index is 0.118. The van der Waals surface area contributed by atoms with Crippen LogP contribution in [0.15, 0.2) is 35.4 Å². The van der Waals surface area contributed by atoms with Gasteiger partial charge >= 0.3 is 6.18 Å². The molecular weight excluding hydrogens is 461 g/mol. The lowest BCUT2D eigenvalue weighted by atomic mass is 10.0. The minimum atomic E-state index is -4.92. The lowest BCUT2D eigenvalue weighted by Gasteiger charge is -2.19. The summed E-state index contributed by atoms with van der Waals surface area (Å²) in [5, 5.41) is 16.9. The molecular formula is C21H21F3N4O4S. The number of aromatic amines is 1. The van der Waals surface area contributed by atoms with E-state index in [4.69, 9.17) is 4.74 Å².